The van der Waals surface area contributed by atoms with Gasteiger partial charge in [0.15, 0.2) is 0 Å². The molecule has 0 aromatic carbocycles. The van der Waals surface area contributed by atoms with Crippen LogP contribution in [0.4, 0.5) is 0 Å². The van der Waals surface area contributed by atoms with Crippen molar-refractivity contribution in [2.45, 2.75) is 24.5 Å². The molecule has 1 unspecified atom stereocenters. The molecular weight excluding hydrogens is 246 g/mol. The summed E-state index contributed by atoms with van der Waals surface area (Å²) in [6.45, 7) is 1.11. The van der Waals surface area contributed by atoms with Crippen LogP contribution in [-0.2, 0) is 19.7 Å². The van der Waals surface area contributed by atoms with Crippen LogP contribution in [0.3, 0.4) is 0 Å². The van der Waals surface area contributed by atoms with Gasteiger partial charge in [0.05, 0.1) is 0 Å². The number of carbonyl (C=O) groups excluding carboxylic acids is 2. The molecule has 0 saturated heterocycles. The summed E-state index contributed by atoms with van der Waals surface area (Å²) in [5.41, 5.74) is 0. The number of carbonyl (C=O) groups is 2. The quantitative estimate of drug-likeness (QED) is 0.396. The van der Waals surface area contributed by atoms with Crippen molar-refractivity contribution in [2.24, 2.45) is 0 Å². The van der Waals surface area contributed by atoms with Gasteiger partial charge in [-0.05, 0) is 19.3 Å². The van der Waals surface area contributed by atoms with Gasteiger partial charge in [-0.2, -0.15) is 8.42 Å². The van der Waals surface area contributed by atoms with E-state index in [4.69, 9.17) is 4.55 Å². The summed E-state index contributed by atoms with van der Waals surface area (Å²) in [6, 6.07) is 0. The summed E-state index contributed by atoms with van der Waals surface area (Å²) >= 11 is 0. The summed E-state index contributed by atoms with van der Waals surface area (Å²) in [6.07, 6.45) is 4.64. The molecule has 7 heteroatoms. The first-order chi connectivity index (χ1) is 7.95. The highest BCUT2D eigenvalue weighted by Gasteiger charge is 2.21. The van der Waals surface area contributed by atoms with Gasteiger partial charge in [0.1, 0.15) is 11.5 Å². The van der Waals surface area contributed by atoms with Crippen LogP contribution in [0.1, 0.15) is 19.3 Å². The van der Waals surface area contributed by atoms with E-state index < -0.39 is 15.4 Å². The summed E-state index contributed by atoms with van der Waals surface area (Å²) in [4.78, 5) is 23.2. The fourth-order valence-electron chi connectivity index (χ4n) is 1.61. The topological polar surface area (TPSA) is 91.8 Å². The summed E-state index contributed by atoms with van der Waals surface area (Å²) in [5.74, 6) is -0.0493. The normalized spacial score (nSPS) is 17.5. The Morgan fingerprint density at radius 3 is 2.65 bits per heavy atom. The summed E-state index contributed by atoms with van der Waals surface area (Å²) < 4.78 is 30.1. The molecule has 6 nitrogen and oxygen atoms in total. The molecule has 96 valence electrons. The van der Waals surface area contributed by atoms with Crippen molar-refractivity contribution in [1.29, 1.82) is 0 Å². The Hall–Kier alpha value is -1.21. The molecule has 0 aliphatic carbocycles. The van der Waals surface area contributed by atoms with E-state index in [9.17, 15) is 18.0 Å². The lowest BCUT2D eigenvalue weighted by atomic mass is 10.2. The van der Waals surface area contributed by atoms with Gasteiger partial charge in [0.25, 0.3) is 10.1 Å². The predicted molar refractivity (Wildman–Crippen MR) is 61.0 cm³/mol. The highest BCUT2D eigenvalue weighted by molar-refractivity contribution is 7.87. The van der Waals surface area contributed by atoms with Gasteiger partial charge in [-0.25, -0.2) is 0 Å². The van der Waals surface area contributed by atoms with Crippen LogP contribution in [0.5, 0.6) is 0 Å². The third-order valence-corrected chi connectivity index (χ3v) is 3.71. The van der Waals surface area contributed by atoms with Gasteiger partial charge < -0.3 is 9.69 Å². The lowest BCUT2D eigenvalue weighted by Crippen LogP contribution is -2.27. The standard InChI is InChI=1S/C10H15NO5S/c12-8-9(17(14,15)16)4-1-2-6-11-7-3-5-10(11)13/h3,5,8-9H,1-2,4,6-7H2,(H,14,15,16). The zero-order valence-electron chi connectivity index (χ0n) is 9.28. The van der Waals surface area contributed by atoms with Crippen LogP contribution in [0.2, 0.25) is 0 Å². The third kappa shape index (κ3) is 4.27. The smallest absolute Gasteiger partial charge is 0.274 e. The molecule has 1 atom stereocenters. The van der Waals surface area contributed by atoms with E-state index in [1.807, 2.05) is 0 Å². The molecule has 0 radical (unpaired) electrons. The second-order valence-electron chi connectivity index (χ2n) is 3.87. The molecule has 0 saturated carbocycles. The van der Waals surface area contributed by atoms with Gasteiger partial charge in [-0.3, -0.25) is 9.35 Å². The maximum atomic E-state index is 11.2. The number of hydrogen-bond acceptors (Lipinski definition) is 4. The van der Waals surface area contributed by atoms with Gasteiger partial charge >= 0.3 is 0 Å². The van der Waals surface area contributed by atoms with Gasteiger partial charge in [0.2, 0.25) is 5.91 Å². The number of unbranched alkanes of at least 4 members (excludes halogenated alkanes) is 1. The molecule has 0 aromatic heterocycles. The fraction of sp³-hybridized carbons (Fsp3) is 0.600. The van der Waals surface area contributed by atoms with Crippen LogP contribution in [0, 0.1) is 0 Å². The van der Waals surface area contributed by atoms with Crippen LogP contribution in [0.25, 0.3) is 0 Å². The molecule has 0 spiro atoms. The zero-order valence-corrected chi connectivity index (χ0v) is 10.1. The minimum atomic E-state index is -4.29. The Labute approximate surface area is 100 Å². The summed E-state index contributed by atoms with van der Waals surface area (Å²) in [5, 5.41) is -1.35. The van der Waals surface area contributed by atoms with Crippen LogP contribution in [-0.4, -0.2) is 48.4 Å². The van der Waals surface area contributed by atoms with Crippen LogP contribution >= 0.6 is 0 Å². The molecule has 1 N–H and O–H groups in total. The molecule has 1 rings (SSSR count). The van der Waals surface area contributed by atoms with E-state index in [2.05, 4.69) is 0 Å². The van der Waals surface area contributed by atoms with Crippen molar-refractivity contribution in [2.75, 3.05) is 13.1 Å². The third-order valence-electron chi connectivity index (χ3n) is 2.60. The number of amides is 1. The molecule has 0 fully saturated rings. The number of rotatable bonds is 7. The summed E-state index contributed by atoms with van der Waals surface area (Å²) in [7, 11) is -4.29. The first-order valence-electron chi connectivity index (χ1n) is 5.32. The molecule has 1 amide bonds. The lowest BCUT2D eigenvalue weighted by Gasteiger charge is -2.15. The molecule has 0 bridgehead atoms. The first kappa shape index (κ1) is 13.9. The van der Waals surface area contributed by atoms with E-state index in [1.54, 1.807) is 11.0 Å². The van der Waals surface area contributed by atoms with E-state index in [1.165, 1.54) is 6.08 Å². The predicted octanol–water partition coefficient (Wildman–Crippen LogP) is 0.0104. The van der Waals surface area contributed by atoms with Crippen molar-refractivity contribution in [3.05, 3.63) is 12.2 Å². The van der Waals surface area contributed by atoms with Crippen molar-refractivity contribution < 1.29 is 22.6 Å². The van der Waals surface area contributed by atoms with Crippen molar-refractivity contribution in [3.63, 3.8) is 0 Å². The van der Waals surface area contributed by atoms with Crippen molar-refractivity contribution in [1.82, 2.24) is 4.90 Å². The Kier molecular flexibility index (Phi) is 4.83. The van der Waals surface area contributed by atoms with Gasteiger partial charge in [0, 0.05) is 19.2 Å². The monoisotopic (exact) mass is 261 g/mol. The minimum absolute atomic E-state index is 0.0493. The number of aldehydes is 1. The van der Waals surface area contributed by atoms with Gasteiger partial charge in [-0.1, -0.05) is 6.08 Å². The van der Waals surface area contributed by atoms with E-state index in [0.29, 0.717) is 25.9 Å². The fourth-order valence-corrected chi connectivity index (χ4v) is 2.22. The second kappa shape index (κ2) is 5.92. The van der Waals surface area contributed by atoms with E-state index >= 15 is 0 Å². The van der Waals surface area contributed by atoms with Crippen molar-refractivity contribution in [3.8, 4) is 0 Å². The molecule has 1 aliphatic heterocycles. The van der Waals surface area contributed by atoms with Gasteiger partial charge in [-0.15, -0.1) is 0 Å². The second-order valence-corrected chi connectivity index (χ2v) is 5.51. The number of hydrogen-bond donors (Lipinski definition) is 1. The largest absolute Gasteiger partial charge is 0.335 e. The number of nitrogens with zero attached hydrogens (tertiary/aromatic N) is 1. The Balaban J connectivity index is 2.24. The molecule has 1 aliphatic rings. The van der Waals surface area contributed by atoms with Crippen molar-refractivity contribution >= 4 is 22.3 Å². The molecule has 17 heavy (non-hydrogen) atoms. The average Bonchev–Trinajstić information content (AvgIpc) is 2.62. The highest BCUT2D eigenvalue weighted by atomic mass is 32.2. The minimum Gasteiger partial charge on any atom is -0.335 e. The maximum absolute atomic E-state index is 11.2. The van der Waals surface area contributed by atoms with E-state index in [-0.39, 0.29) is 18.6 Å². The molecule has 1 heterocycles. The first-order valence-corrected chi connectivity index (χ1v) is 6.82. The van der Waals surface area contributed by atoms with Crippen LogP contribution in [0.15, 0.2) is 12.2 Å². The average molecular weight is 261 g/mol. The SMILES string of the molecule is O=CC(CCCCN1CC=CC1=O)S(=O)(=O)O. The molecule has 0 aromatic rings. The highest BCUT2D eigenvalue weighted by Crippen LogP contribution is 2.09. The molecular formula is C10H15NO5S. The Morgan fingerprint density at radius 1 is 1.47 bits per heavy atom. The lowest BCUT2D eigenvalue weighted by molar-refractivity contribution is -0.124. The van der Waals surface area contributed by atoms with E-state index in [0.717, 1.165) is 0 Å². The Morgan fingerprint density at radius 2 is 2.18 bits per heavy atom. The maximum Gasteiger partial charge on any atom is 0.274 e. The van der Waals surface area contributed by atoms with Crippen LogP contribution < -0.4 is 0 Å². The Bertz CT molecular complexity index is 414. The zero-order chi connectivity index (χ0) is 12.9.